The summed E-state index contributed by atoms with van der Waals surface area (Å²) in [6.07, 6.45) is 2.87. The third-order valence-electron chi connectivity index (χ3n) is 2.29. The molecule has 3 heteroatoms. The van der Waals surface area contributed by atoms with Gasteiger partial charge in [-0.3, -0.25) is 4.79 Å². The second-order valence-electron chi connectivity index (χ2n) is 3.74. The smallest absolute Gasteiger partial charge is 0.303 e. The summed E-state index contributed by atoms with van der Waals surface area (Å²) < 4.78 is 5.55. The van der Waals surface area contributed by atoms with Crippen LogP contribution in [0.1, 0.15) is 31.7 Å². The molecule has 16 heavy (non-hydrogen) atoms. The topological polar surface area (TPSA) is 46.5 Å². The molecule has 0 amide bonds. The maximum Gasteiger partial charge on any atom is 0.303 e. The highest BCUT2D eigenvalue weighted by Crippen LogP contribution is 2.15. The Hall–Kier alpha value is -1.51. The molecule has 0 aliphatic carbocycles. The standard InChI is InChI=1S/C13H18O3/c1-2-3-9-16-12-6-4-5-11(10-12)7-8-13(14)15/h4-6,10H,2-3,7-9H2,1H3,(H,14,15). The van der Waals surface area contributed by atoms with E-state index in [9.17, 15) is 4.79 Å². The fourth-order valence-electron chi connectivity index (χ4n) is 1.38. The van der Waals surface area contributed by atoms with Crippen molar-refractivity contribution < 1.29 is 14.6 Å². The van der Waals surface area contributed by atoms with Crippen molar-refractivity contribution in [1.29, 1.82) is 0 Å². The lowest BCUT2D eigenvalue weighted by Crippen LogP contribution is -1.99. The number of carbonyl (C=O) groups is 1. The molecule has 0 fully saturated rings. The molecule has 0 spiro atoms. The fourth-order valence-corrected chi connectivity index (χ4v) is 1.38. The van der Waals surface area contributed by atoms with E-state index < -0.39 is 5.97 Å². The van der Waals surface area contributed by atoms with Crippen molar-refractivity contribution in [3.63, 3.8) is 0 Å². The molecule has 0 unspecified atom stereocenters. The van der Waals surface area contributed by atoms with E-state index in [1.165, 1.54) is 0 Å². The average molecular weight is 222 g/mol. The van der Waals surface area contributed by atoms with Crippen LogP contribution in [0.15, 0.2) is 24.3 Å². The molecular weight excluding hydrogens is 204 g/mol. The van der Waals surface area contributed by atoms with Crippen LogP contribution in [-0.4, -0.2) is 17.7 Å². The quantitative estimate of drug-likeness (QED) is 0.721. The summed E-state index contributed by atoms with van der Waals surface area (Å²) >= 11 is 0. The Morgan fingerprint density at radius 2 is 2.25 bits per heavy atom. The van der Waals surface area contributed by atoms with Crippen LogP contribution in [0.3, 0.4) is 0 Å². The fraction of sp³-hybridized carbons (Fsp3) is 0.462. The Kier molecular flexibility index (Phi) is 5.40. The van der Waals surface area contributed by atoms with E-state index in [1.807, 2.05) is 24.3 Å². The van der Waals surface area contributed by atoms with E-state index in [4.69, 9.17) is 9.84 Å². The van der Waals surface area contributed by atoms with Crippen LogP contribution in [0.2, 0.25) is 0 Å². The zero-order valence-electron chi connectivity index (χ0n) is 9.61. The summed E-state index contributed by atoms with van der Waals surface area (Å²) in [5.74, 6) is 0.0636. The third kappa shape index (κ3) is 4.82. The predicted molar refractivity (Wildman–Crippen MR) is 62.8 cm³/mol. The van der Waals surface area contributed by atoms with Gasteiger partial charge in [0, 0.05) is 6.42 Å². The number of unbranched alkanes of at least 4 members (excludes halogenated alkanes) is 1. The zero-order valence-corrected chi connectivity index (χ0v) is 9.61. The van der Waals surface area contributed by atoms with Crippen LogP contribution in [0, 0.1) is 0 Å². The minimum absolute atomic E-state index is 0.165. The van der Waals surface area contributed by atoms with E-state index in [2.05, 4.69) is 6.92 Å². The number of hydrogen-bond acceptors (Lipinski definition) is 2. The van der Waals surface area contributed by atoms with E-state index in [0.717, 1.165) is 30.8 Å². The van der Waals surface area contributed by atoms with Crippen LogP contribution in [0.5, 0.6) is 5.75 Å². The molecule has 0 bridgehead atoms. The van der Waals surface area contributed by atoms with Crippen LogP contribution in [0.25, 0.3) is 0 Å². The number of ether oxygens (including phenoxy) is 1. The molecule has 1 aromatic carbocycles. The van der Waals surface area contributed by atoms with Crippen molar-refractivity contribution in [2.75, 3.05) is 6.61 Å². The molecule has 0 heterocycles. The largest absolute Gasteiger partial charge is 0.494 e. The maximum atomic E-state index is 10.4. The lowest BCUT2D eigenvalue weighted by atomic mass is 10.1. The van der Waals surface area contributed by atoms with Gasteiger partial charge in [0.1, 0.15) is 5.75 Å². The molecule has 0 aliphatic heterocycles. The minimum atomic E-state index is -0.766. The van der Waals surface area contributed by atoms with E-state index in [1.54, 1.807) is 0 Å². The summed E-state index contributed by atoms with van der Waals surface area (Å²) in [6, 6.07) is 7.65. The molecule has 0 aromatic heterocycles. The second-order valence-corrected chi connectivity index (χ2v) is 3.74. The van der Waals surface area contributed by atoms with Crippen LogP contribution in [0.4, 0.5) is 0 Å². The van der Waals surface area contributed by atoms with Gasteiger partial charge in [-0.25, -0.2) is 0 Å². The first-order valence-electron chi connectivity index (χ1n) is 5.66. The third-order valence-corrected chi connectivity index (χ3v) is 2.29. The van der Waals surface area contributed by atoms with Gasteiger partial charge in [-0.15, -0.1) is 0 Å². The highest BCUT2D eigenvalue weighted by molar-refractivity contribution is 5.67. The average Bonchev–Trinajstić information content (AvgIpc) is 2.27. The van der Waals surface area contributed by atoms with Gasteiger partial charge in [-0.2, -0.15) is 0 Å². The predicted octanol–water partition coefficient (Wildman–Crippen LogP) is 2.88. The number of benzene rings is 1. The second kappa shape index (κ2) is 6.88. The SMILES string of the molecule is CCCCOc1cccc(CCC(=O)O)c1. The normalized spacial score (nSPS) is 10.1. The lowest BCUT2D eigenvalue weighted by Gasteiger charge is -2.06. The highest BCUT2D eigenvalue weighted by Gasteiger charge is 2.00. The monoisotopic (exact) mass is 222 g/mol. The van der Waals surface area contributed by atoms with Crippen LogP contribution in [-0.2, 0) is 11.2 Å². The Morgan fingerprint density at radius 3 is 2.94 bits per heavy atom. The van der Waals surface area contributed by atoms with Gasteiger partial charge in [-0.05, 0) is 30.5 Å². The van der Waals surface area contributed by atoms with E-state index in [-0.39, 0.29) is 6.42 Å². The molecular formula is C13H18O3. The van der Waals surface area contributed by atoms with Crippen molar-refractivity contribution in [2.45, 2.75) is 32.6 Å². The van der Waals surface area contributed by atoms with Gasteiger partial charge in [0.15, 0.2) is 0 Å². The molecule has 1 aromatic rings. The Labute approximate surface area is 96.1 Å². The summed E-state index contributed by atoms with van der Waals surface area (Å²) in [4.78, 5) is 10.4. The molecule has 0 aliphatic rings. The molecule has 1 rings (SSSR count). The van der Waals surface area contributed by atoms with Crippen molar-refractivity contribution >= 4 is 5.97 Å². The minimum Gasteiger partial charge on any atom is -0.494 e. The van der Waals surface area contributed by atoms with E-state index in [0.29, 0.717) is 6.42 Å². The summed E-state index contributed by atoms with van der Waals surface area (Å²) in [7, 11) is 0. The Balaban J connectivity index is 2.46. The maximum absolute atomic E-state index is 10.4. The van der Waals surface area contributed by atoms with Gasteiger partial charge in [-0.1, -0.05) is 25.5 Å². The first-order valence-corrected chi connectivity index (χ1v) is 5.66. The molecule has 3 nitrogen and oxygen atoms in total. The Morgan fingerprint density at radius 1 is 1.44 bits per heavy atom. The van der Waals surface area contributed by atoms with Crippen molar-refractivity contribution in [2.24, 2.45) is 0 Å². The highest BCUT2D eigenvalue weighted by atomic mass is 16.5. The lowest BCUT2D eigenvalue weighted by molar-refractivity contribution is -0.136. The number of carboxylic acids is 1. The van der Waals surface area contributed by atoms with Crippen molar-refractivity contribution in [3.05, 3.63) is 29.8 Å². The number of carboxylic acid groups (broad SMARTS) is 1. The summed E-state index contributed by atoms with van der Waals surface area (Å²) in [5.41, 5.74) is 1.01. The zero-order chi connectivity index (χ0) is 11.8. The summed E-state index contributed by atoms with van der Waals surface area (Å²) in [5, 5.41) is 8.59. The first kappa shape index (κ1) is 12.6. The number of hydrogen-bond donors (Lipinski definition) is 1. The van der Waals surface area contributed by atoms with E-state index >= 15 is 0 Å². The molecule has 88 valence electrons. The number of aryl methyl sites for hydroxylation is 1. The molecule has 0 saturated carbocycles. The van der Waals surface area contributed by atoms with Crippen LogP contribution < -0.4 is 4.74 Å². The number of aliphatic carboxylic acids is 1. The number of rotatable bonds is 7. The van der Waals surface area contributed by atoms with Crippen molar-refractivity contribution in [1.82, 2.24) is 0 Å². The Bertz CT molecular complexity index is 334. The molecule has 1 N–H and O–H groups in total. The molecule has 0 radical (unpaired) electrons. The van der Waals surface area contributed by atoms with Gasteiger partial charge in [0.25, 0.3) is 0 Å². The van der Waals surface area contributed by atoms with Crippen LogP contribution >= 0.6 is 0 Å². The van der Waals surface area contributed by atoms with Crippen molar-refractivity contribution in [3.8, 4) is 5.75 Å². The first-order chi connectivity index (χ1) is 7.72. The van der Waals surface area contributed by atoms with Gasteiger partial charge in [0.2, 0.25) is 0 Å². The van der Waals surface area contributed by atoms with Gasteiger partial charge in [0.05, 0.1) is 6.61 Å². The molecule has 0 atom stereocenters. The van der Waals surface area contributed by atoms with Gasteiger partial charge < -0.3 is 9.84 Å². The van der Waals surface area contributed by atoms with Gasteiger partial charge >= 0.3 is 5.97 Å². The summed E-state index contributed by atoms with van der Waals surface area (Å²) in [6.45, 7) is 2.84. The molecule has 0 saturated heterocycles.